The minimum Gasteiger partial charge on any atom is -0.452 e. The summed E-state index contributed by atoms with van der Waals surface area (Å²) in [6.45, 7) is 1.42. The summed E-state index contributed by atoms with van der Waals surface area (Å²) < 4.78 is 5.10. The number of benzene rings is 1. The van der Waals surface area contributed by atoms with Gasteiger partial charge in [0.2, 0.25) is 5.91 Å². The number of thiophene rings is 1. The Balaban J connectivity index is 1.78. The Labute approximate surface area is 143 Å². The van der Waals surface area contributed by atoms with Gasteiger partial charge in [-0.25, -0.2) is 4.79 Å². The second-order valence-corrected chi connectivity index (χ2v) is 6.25. The molecule has 2 amide bonds. The van der Waals surface area contributed by atoms with Crippen LogP contribution in [0.1, 0.15) is 23.7 Å². The molecule has 7 heteroatoms. The summed E-state index contributed by atoms with van der Waals surface area (Å²) in [7, 11) is 0. The first kappa shape index (κ1) is 16.2. The summed E-state index contributed by atoms with van der Waals surface area (Å²) in [4.78, 5) is 37.9. The normalized spacial score (nSPS) is 16.8. The zero-order valence-corrected chi connectivity index (χ0v) is 13.8. The summed E-state index contributed by atoms with van der Waals surface area (Å²) in [6, 6.07) is 8.39. The number of hydrogen-bond donors (Lipinski definition) is 1. The predicted octanol–water partition coefficient (Wildman–Crippen LogP) is 2.67. The van der Waals surface area contributed by atoms with E-state index in [0.717, 1.165) is 0 Å². The third-order valence-electron chi connectivity index (χ3n) is 3.71. The Kier molecular flexibility index (Phi) is 4.61. The van der Waals surface area contributed by atoms with Gasteiger partial charge in [-0.1, -0.05) is 12.1 Å². The number of esters is 1. The number of anilines is 2. The minimum atomic E-state index is -0.533. The van der Waals surface area contributed by atoms with E-state index in [9.17, 15) is 14.4 Å². The number of nitrogens with zero attached hydrogens (tertiary/aromatic N) is 1. The standard InChI is InChI=1S/C17H16N2O4S/c1-11-8-15(20)18-13-4-2-3-5-14(13)19(11)16(21)9-23-17(22)12-6-7-24-10-12/h2-7,10-11H,8-9H2,1H3,(H,18,20). The van der Waals surface area contributed by atoms with Crippen molar-refractivity contribution in [3.8, 4) is 0 Å². The molecule has 0 aliphatic carbocycles. The summed E-state index contributed by atoms with van der Waals surface area (Å²) in [5.41, 5.74) is 1.60. The highest BCUT2D eigenvalue weighted by Crippen LogP contribution is 2.31. The van der Waals surface area contributed by atoms with Crippen LogP contribution in [0.3, 0.4) is 0 Å². The number of amides is 2. The molecule has 24 heavy (non-hydrogen) atoms. The van der Waals surface area contributed by atoms with Gasteiger partial charge in [0.05, 0.1) is 16.9 Å². The molecular formula is C17H16N2O4S. The third kappa shape index (κ3) is 3.30. The molecule has 1 aliphatic heterocycles. The lowest BCUT2D eigenvalue weighted by Gasteiger charge is -2.27. The van der Waals surface area contributed by atoms with Crippen molar-refractivity contribution < 1.29 is 19.1 Å². The Hall–Kier alpha value is -2.67. The van der Waals surface area contributed by atoms with Crippen LogP contribution in [0.2, 0.25) is 0 Å². The minimum absolute atomic E-state index is 0.152. The molecule has 0 saturated carbocycles. The number of ether oxygens (including phenoxy) is 1. The fourth-order valence-electron chi connectivity index (χ4n) is 2.63. The lowest BCUT2D eigenvalue weighted by Crippen LogP contribution is -2.41. The molecule has 1 unspecified atom stereocenters. The highest BCUT2D eigenvalue weighted by atomic mass is 32.1. The summed E-state index contributed by atoms with van der Waals surface area (Å²) in [5, 5.41) is 6.22. The van der Waals surface area contributed by atoms with Crippen LogP contribution in [0.25, 0.3) is 0 Å². The molecule has 124 valence electrons. The van der Waals surface area contributed by atoms with E-state index in [1.54, 1.807) is 48.0 Å². The van der Waals surface area contributed by atoms with E-state index in [1.165, 1.54) is 16.2 Å². The smallest absolute Gasteiger partial charge is 0.339 e. The van der Waals surface area contributed by atoms with Gasteiger partial charge in [-0.3, -0.25) is 9.59 Å². The van der Waals surface area contributed by atoms with Crippen molar-refractivity contribution in [2.45, 2.75) is 19.4 Å². The van der Waals surface area contributed by atoms with Gasteiger partial charge in [-0.15, -0.1) is 0 Å². The molecule has 1 atom stereocenters. The zero-order valence-electron chi connectivity index (χ0n) is 13.0. The van der Waals surface area contributed by atoms with Crippen LogP contribution in [0.4, 0.5) is 11.4 Å². The molecule has 1 aromatic carbocycles. The Morgan fingerprint density at radius 1 is 1.33 bits per heavy atom. The Morgan fingerprint density at radius 2 is 2.12 bits per heavy atom. The highest BCUT2D eigenvalue weighted by Gasteiger charge is 2.30. The number of carbonyl (C=O) groups is 3. The van der Waals surface area contributed by atoms with Gasteiger partial charge in [0.1, 0.15) is 0 Å². The quantitative estimate of drug-likeness (QED) is 0.869. The first-order valence-corrected chi connectivity index (χ1v) is 8.41. The maximum absolute atomic E-state index is 12.6. The van der Waals surface area contributed by atoms with Gasteiger partial charge >= 0.3 is 5.97 Å². The molecule has 1 aliphatic rings. The summed E-state index contributed by atoms with van der Waals surface area (Å²) in [6.07, 6.45) is 0.179. The number of para-hydroxylation sites is 2. The first-order valence-electron chi connectivity index (χ1n) is 7.46. The average molecular weight is 344 g/mol. The van der Waals surface area contributed by atoms with Gasteiger partial charge < -0.3 is 15.0 Å². The van der Waals surface area contributed by atoms with Crippen LogP contribution >= 0.6 is 11.3 Å². The molecular weight excluding hydrogens is 328 g/mol. The molecule has 1 aromatic heterocycles. The van der Waals surface area contributed by atoms with Crippen LogP contribution in [-0.2, 0) is 14.3 Å². The maximum atomic E-state index is 12.6. The molecule has 0 bridgehead atoms. The van der Waals surface area contributed by atoms with E-state index >= 15 is 0 Å². The third-order valence-corrected chi connectivity index (χ3v) is 4.39. The highest BCUT2D eigenvalue weighted by molar-refractivity contribution is 7.08. The molecule has 3 rings (SSSR count). The summed E-state index contributed by atoms with van der Waals surface area (Å²) in [5.74, 6) is -1.05. The van der Waals surface area contributed by atoms with Gasteiger partial charge in [0.15, 0.2) is 6.61 Å². The largest absolute Gasteiger partial charge is 0.452 e. The number of hydrogen-bond acceptors (Lipinski definition) is 5. The lowest BCUT2D eigenvalue weighted by molar-refractivity contribution is -0.122. The topological polar surface area (TPSA) is 75.7 Å². The lowest BCUT2D eigenvalue weighted by atomic mass is 10.1. The van der Waals surface area contributed by atoms with Gasteiger partial charge in [0.25, 0.3) is 5.91 Å². The first-order chi connectivity index (χ1) is 11.6. The van der Waals surface area contributed by atoms with E-state index in [2.05, 4.69) is 5.32 Å². The Bertz CT molecular complexity index is 773. The van der Waals surface area contributed by atoms with Crippen molar-refractivity contribution in [3.63, 3.8) is 0 Å². The van der Waals surface area contributed by atoms with Crippen molar-refractivity contribution in [1.82, 2.24) is 0 Å². The fourth-order valence-corrected chi connectivity index (χ4v) is 3.25. The molecule has 1 N–H and O–H groups in total. The van der Waals surface area contributed by atoms with Crippen LogP contribution < -0.4 is 10.2 Å². The zero-order chi connectivity index (χ0) is 17.1. The van der Waals surface area contributed by atoms with E-state index in [0.29, 0.717) is 16.9 Å². The average Bonchev–Trinajstić information content (AvgIpc) is 3.04. The van der Waals surface area contributed by atoms with E-state index in [-0.39, 0.29) is 30.9 Å². The molecule has 0 fully saturated rings. The van der Waals surface area contributed by atoms with E-state index in [1.807, 2.05) is 0 Å². The van der Waals surface area contributed by atoms with Crippen molar-refractivity contribution in [1.29, 1.82) is 0 Å². The molecule has 6 nitrogen and oxygen atoms in total. The fraction of sp³-hybridized carbons (Fsp3) is 0.235. The van der Waals surface area contributed by atoms with Crippen molar-refractivity contribution >= 4 is 40.5 Å². The summed E-state index contributed by atoms with van der Waals surface area (Å²) >= 11 is 1.38. The predicted molar refractivity (Wildman–Crippen MR) is 91.2 cm³/mol. The SMILES string of the molecule is CC1CC(=O)Nc2ccccc2N1C(=O)COC(=O)c1ccsc1. The van der Waals surface area contributed by atoms with Gasteiger partial charge in [-0.2, -0.15) is 11.3 Å². The molecule has 0 spiro atoms. The Morgan fingerprint density at radius 3 is 2.88 bits per heavy atom. The molecule has 2 aromatic rings. The van der Waals surface area contributed by atoms with E-state index < -0.39 is 5.97 Å². The number of fused-ring (bicyclic) bond motifs is 1. The van der Waals surface area contributed by atoms with Gasteiger partial charge in [0, 0.05) is 17.8 Å². The molecule has 2 heterocycles. The van der Waals surface area contributed by atoms with Crippen molar-refractivity contribution in [3.05, 3.63) is 46.7 Å². The van der Waals surface area contributed by atoms with Crippen LogP contribution in [0.5, 0.6) is 0 Å². The molecule has 0 radical (unpaired) electrons. The second kappa shape index (κ2) is 6.84. The number of carbonyl (C=O) groups excluding carboxylic acids is 3. The van der Waals surface area contributed by atoms with Crippen LogP contribution in [0.15, 0.2) is 41.1 Å². The van der Waals surface area contributed by atoms with Gasteiger partial charge in [-0.05, 0) is 30.5 Å². The van der Waals surface area contributed by atoms with Crippen LogP contribution in [-0.4, -0.2) is 30.4 Å². The van der Waals surface area contributed by atoms with Crippen molar-refractivity contribution in [2.75, 3.05) is 16.8 Å². The number of nitrogens with one attached hydrogen (secondary N) is 1. The number of rotatable bonds is 3. The second-order valence-electron chi connectivity index (χ2n) is 5.47. The van der Waals surface area contributed by atoms with Crippen LogP contribution in [0, 0.1) is 0 Å². The maximum Gasteiger partial charge on any atom is 0.339 e. The molecule has 0 saturated heterocycles. The van der Waals surface area contributed by atoms with E-state index in [4.69, 9.17) is 4.74 Å². The van der Waals surface area contributed by atoms with Crippen molar-refractivity contribution in [2.24, 2.45) is 0 Å². The monoisotopic (exact) mass is 344 g/mol.